The Hall–Kier alpha value is -0.900. The lowest BCUT2D eigenvalue weighted by molar-refractivity contribution is 0.638. The van der Waals surface area contributed by atoms with Gasteiger partial charge in [0, 0.05) is 19.5 Å². The molecule has 0 bridgehead atoms. The zero-order chi connectivity index (χ0) is 9.68. The highest BCUT2D eigenvalue weighted by molar-refractivity contribution is 4.94. The number of nitrogens with one attached hydrogen (secondary N) is 1. The van der Waals surface area contributed by atoms with E-state index in [4.69, 9.17) is 0 Å². The summed E-state index contributed by atoms with van der Waals surface area (Å²) in [5, 5.41) is 11.5. The number of nitrogens with zero attached hydrogens (tertiary/aromatic N) is 3. The number of hydrogen-bond acceptors (Lipinski definition) is 3. The molecule has 1 N–H and O–H groups in total. The Morgan fingerprint density at radius 1 is 1.31 bits per heavy atom. The predicted octanol–water partition coefficient (Wildman–Crippen LogP) is 0.758. The zero-order valence-electron chi connectivity index (χ0n) is 8.67. The van der Waals surface area contributed by atoms with Gasteiger partial charge in [-0.15, -0.1) is 10.2 Å². The highest BCUT2D eigenvalue weighted by Gasteiger charge is 2.05. The van der Waals surface area contributed by atoms with Gasteiger partial charge in [0.2, 0.25) is 0 Å². The molecule has 1 aromatic heterocycles. The highest BCUT2D eigenvalue weighted by Crippen LogP contribution is 2.00. The first kappa shape index (κ1) is 10.2. The second-order valence-electron chi connectivity index (χ2n) is 3.01. The minimum absolute atomic E-state index is 0.959. The Morgan fingerprint density at radius 2 is 2.08 bits per heavy atom. The van der Waals surface area contributed by atoms with Gasteiger partial charge in [-0.25, -0.2) is 0 Å². The van der Waals surface area contributed by atoms with Crippen LogP contribution in [0.25, 0.3) is 0 Å². The second kappa shape index (κ2) is 4.97. The summed E-state index contributed by atoms with van der Waals surface area (Å²) in [6.45, 7) is 9.17. The first-order valence-corrected chi connectivity index (χ1v) is 4.89. The molecule has 0 aliphatic heterocycles. The van der Waals surface area contributed by atoms with Crippen LogP contribution in [0, 0.1) is 6.92 Å². The van der Waals surface area contributed by atoms with Crippen LogP contribution < -0.4 is 5.32 Å². The molecule has 4 nitrogen and oxygen atoms in total. The summed E-state index contributed by atoms with van der Waals surface area (Å²) in [6.07, 6.45) is 0.961. The van der Waals surface area contributed by atoms with Gasteiger partial charge in [0.1, 0.15) is 11.6 Å². The summed E-state index contributed by atoms with van der Waals surface area (Å²) in [5.41, 5.74) is 0. The zero-order valence-corrected chi connectivity index (χ0v) is 8.67. The van der Waals surface area contributed by atoms with E-state index in [1.165, 1.54) is 0 Å². The minimum Gasteiger partial charge on any atom is -0.317 e. The van der Waals surface area contributed by atoms with E-state index < -0.39 is 0 Å². The molecule has 0 atom stereocenters. The monoisotopic (exact) mass is 182 g/mol. The molecule has 4 heteroatoms. The normalized spacial score (nSPS) is 10.7. The van der Waals surface area contributed by atoms with E-state index in [0.717, 1.165) is 37.7 Å². The first-order valence-electron chi connectivity index (χ1n) is 4.89. The summed E-state index contributed by atoms with van der Waals surface area (Å²) < 4.78 is 2.15. The Balaban J connectivity index is 2.55. The van der Waals surface area contributed by atoms with Gasteiger partial charge in [0.25, 0.3) is 0 Å². The number of aromatic nitrogens is 3. The molecule has 1 heterocycles. The Kier molecular flexibility index (Phi) is 3.89. The molecule has 0 aliphatic carbocycles. The van der Waals surface area contributed by atoms with Gasteiger partial charge in [0.05, 0.1) is 0 Å². The molecule has 13 heavy (non-hydrogen) atoms. The maximum absolute atomic E-state index is 4.13. The first-order chi connectivity index (χ1) is 6.29. The molecule has 74 valence electrons. The van der Waals surface area contributed by atoms with E-state index in [1.54, 1.807) is 0 Å². The smallest absolute Gasteiger partial charge is 0.134 e. The predicted molar refractivity (Wildman–Crippen MR) is 52.7 cm³/mol. The molecule has 0 spiro atoms. The molecule has 0 aromatic carbocycles. The van der Waals surface area contributed by atoms with Crippen molar-refractivity contribution in [3.05, 3.63) is 11.6 Å². The van der Waals surface area contributed by atoms with Crippen molar-refractivity contribution in [3.63, 3.8) is 0 Å². The molecule has 0 saturated heterocycles. The lowest BCUT2D eigenvalue weighted by Crippen LogP contribution is -2.18. The maximum atomic E-state index is 4.13. The van der Waals surface area contributed by atoms with Gasteiger partial charge in [0.15, 0.2) is 0 Å². The molecule has 0 unspecified atom stereocenters. The average Bonchev–Trinajstić information content (AvgIpc) is 2.47. The summed E-state index contributed by atoms with van der Waals surface area (Å²) >= 11 is 0. The standard InChI is InChI=1S/C9H18N4/c1-4-10-7-6-9-12-11-8(3)13(9)5-2/h10H,4-7H2,1-3H3. The van der Waals surface area contributed by atoms with Crippen molar-refractivity contribution in [3.8, 4) is 0 Å². The molecule has 0 fully saturated rings. The van der Waals surface area contributed by atoms with E-state index in [0.29, 0.717) is 0 Å². The third-order valence-corrected chi connectivity index (χ3v) is 2.10. The fourth-order valence-electron chi connectivity index (χ4n) is 1.40. The molecule has 0 saturated carbocycles. The molecule has 0 aliphatic rings. The van der Waals surface area contributed by atoms with Crippen LogP contribution in [0.5, 0.6) is 0 Å². The molecule has 0 radical (unpaired) electrons. The fraction of sp³-hybridized carbons (Fsp3) is 0.778. The largest absolute Gasteiger partial charge is 0.317 e. The van der Waals surface area contributed by atoms with Crippen molar-refractivity contribution < 1.29 is 0 Å². The van der Waals surface area contributed by atoms with Crippen molar-refractivity contribution in [1.29, 1.82) is 0 Å². The Bertz CT molecular complexity index is 254. The van der Waals surface area contributed by atoms with Crippen LogP contribution in [0.4, 0.5) is 0 Å². The van der Waals surface area contributed by atoms with E-state index in [9.17, 15) is 0 Å². The van der Waals surface area contributed by atoms with E-state index >= 15 is 0 Å². The molecule has 1 rings (SSSR count). The van der Waals surface area contributed by atoms with Crippen LogP contribution in [0.15, 0.2) is 0 Å². The van der Waals surface area contributed by atoms with E-state index in [2.05, 4.69) is 33.9 Å². The SMILES string of the molecule is CCNCCc1nnc(C)n1CC. The summed E-state index contributed by atoms with van der Waals surface area (Å²) in [4.78, 5) is 0. The van der Waals surface area contributed by atoms with Crippen LogP contribution in [0.2, 0.25) is 0 Å². The quantitative estimate of drug-likeness (QED) is 0.684. The Morgan fingerprint density at radius 3 is 2.69 bits per heavy atom. The van der Waals surface area contributed by atoms with E-state index in [-0.39, 0.29) is 0 Å². The molecular weight excluding hydrogens is 164 g/mol. The third-order valence-electron chi connectivity index (χ3n) is 2.10. The van der Waals surface area contributed by atoms with Crippen LogP contribution in [-0.4, -0.2) is 27.9 Å². The minimum atomic E-state index is 0.959. The van der Waals surface area contributed by atoms with Gasteiger partial charge in [-0.2, -0.15) is 0 Å². The van der Waals surface area contributed by atoms with Gasteiger partial charge >= 0.3 is 0 Å². The van der Waals surface area contributed by atoms with Crippen LogP contribution in [0.1, 0.15) is 25.5 Å². The van der Waals surface area contributed by atoms with Crippen LogP contribution in [-0.2, 0) is 13.0 Å². The van der Waals surface area contributed by atoms with Crippen LogP contribution in [0.3, 0.4) is 0 Å². The van der Waals surface area contributed by atoms with E-state index in [1.807, 2.05) is 6.92 Å². The number of hydrogen-bond donors (Lipinski definition) is 1. The van der Waals surface area contributed by atoms with Gasteiger partial charge in [-0.1, -0.05) is 6.92 Å². The second-order valence-corrected chi connectivity index (χ2v) is 3.01. The topological polar surface area (TPSA) is 42.7 Å². The summed E-state index contributed by atoms with van der Waals surface area (Å²) in [7, 11) is 0. The number of rotatable bonds is 5. The van der Waals surface area contributed by atoms with Crippen molar-refractivity contribution in [1.82, 2.24) is 20.1 Å². The summed E-state index contributed by atoms with van der Waals surface area (Å²) in [6, 6.07) is 0. The van der Waals surface area contributed by atoms with Gasteiger partial charge in [-0.3, -0.25) is 0 Å². The lowest BCUT2D eigenvalue weighted by Gasteiger charge is -2.04. The average molecular weight is 182 g/mol. The molecule has 1 aromatic rings. The number of likely N-dealkylation sites (N-methyl/N-ethyl adjacent to an activating group) is 1. The van der Waals surface area contributed by atoms with Crippen molar-refractivity contribution in [2.45, 2.75) is 33.7 Å². The lowest BCUT2D eigenvalue weighted by atomic mass is 10.4. The van der Waals surface area contributed by atoms with Gasteiger partial charge in [-0.05, 0) is 20.4 Å². The molecular formula is C9H18N4. The van der Waals surface area contributed by atoms with Crippen molar-refractivity contribution >= 4 is 0 Å². The summed E-state index contributed by atoms with van der Waals surface area (Å²) in [5.74, 6) is 2.09. The maximum Gasteiger partial charge on any atom is 0.134 e. The van der Waals surface area contributed by atoms with Gasteiger partial charge < -0.3 is 9.88 Å². The fourth-order valence-corrected chi connectivity index (χ4v) is 1.40. The number of aryl methyl sites for hydroxylation is 1. The van der Waals surface area contributed by atoms with Crippen molar-refractivity contribution in [2.75, 3.05) is 13.1 Å². The highest BCUT2D eigenvalue weighted by atomic mass is 15.3. The van der Waals surface area contributed by atoms with Crippen molar-refractivity contribution in [2.24, 2.45) is 0 Å². The van der Waals surface area contributed by atoms with Crippen LogP contribution >= 0.6 is 0 Å². The third kappa shape index (κ3) is 2.52. The Labute approximate surface area is 79.4 Å². The molecule has 0 amide bonds.